The molecule has 2 aromatic carbocycles. The highest BCUT2D eigenvalue weighted by Crippen LogP contribution is 2.21. The summed E-state index contributed by atoms with van der Waals surface area (Å²) in [6.45, 7) is 0. The molecule has 1 aromatic heterocycles. The third kappa shape index (κ3) is 2.63. The molecule has 2 heteroatoms. The van der Waals surface area contributed by atoms with E-state index < -0.39 is 0 Å². The fraction of sp³-hybridized carbons (Fsp3) is 0. The van der Waals surface area contributed by atoms with E-state index in [2.05, 4.69) is 46.4 Å². The number of rotatable bonds is 3. The summed E-state index contributed by atoms with van der Waals surface area (Å²) in [4.78, 5) is 7.57. The summed E-state index contributed by atoms with van der Waals surface area (Å²) >= 11 is 0. The van der Waals surface area contributed by atoms with Crippen LogP contribution in [0.2, 0.25) is 0 Å². The van der Waals surface area contributed by atoms with E-state index in [4.69, 9.17) is 0 Å². The zero-order valence-electron chi connectivity index (χ0n) is 10.5. The van der Waals surface area contributed by atoms with Crippen LogP contribution in [0, 0.1) is 0 Å². The number of nitrogens with one attached hydrogen (secondary N) is 1. The van der Waals surface area contributed by atoms with Crippen molar-refractivity contribution in [3.05, 3.63) is 78.2 Å². The average molecular weight is 246 g/mol. The minimum atomic E-state index is 0.979. The Bertz CT molecular complexity index is 667. The maximum atomic E-state index is 4.39. The second kappa shape index (κ2) is 5.36. The van der Waals surface area contributed by atoms with Crippen LogP contribution in [-0.2, 0) is 0 Å². The van der Waals surface area contributed by atoms with Crippen LogP contribution in [0.5, 0.6) is 0 Å². The number of nitrogens with zero attached hydrogens (tertiary/aromatic N) is 1. The van der Waals surface area contributed by atoms with Crippen molar-refractivity contribution in [1.29, 1.82) is 0 Å². The lowest BCUT2D eigenvalue weighted by Crippen LogP contribution is -1.81. The molecular weight excluding hydrogens is 232 g/mol. The minimum Gasteiger partial charge on any atom is -0.345 e. The molecule has 0 aliphatic rings. The molecule has 3 rings (SSSR count). The van der Waals surface area contributed by atoms with E-state index in [1.165, 1.54) is 5.56 Å². The first-order valence-corrected chi connectivity index (χ1v) is 6.25. The molecule has 0 saturated carbocycles. The summed E-state index contributed by atoms with van der Waals surface area (Å²) in [5.41, 5.74) is 4.30. The number of hydrogen-bond acceptors (Lipinski definition) is 1. The summed E-state index contributed by atoms with van der Waals surface area (Å²) in [5.74, 6) is 0. The molecule has 0 radical (unpaired) electrons. The van der Waals surface area contributed by atoms with Gasteiger partial charge in [0.1, 0.15) is 0 Å². The van der Waals surface area contributed by atoms with Crippen LogP contribution in [0.15, 0.2) is 67.0 Å². The van der Waals surface area contributed by atoms with E-state index in [-0.39, 0.29) is 0 Å². The molecule has 0 fully saturated rings. The van der Waals surface area contributed by atoms with Gasteiger partial charge >= 0.3 is 0 Å². The number of imidazole rings is 1. The Morgan fingerprint density at radius 1 is 0.789 bits per heavy atom. The van der Waals surface area contributed by atoms with Crippen molar-refractivity contribution >= 4 is 12.2 Å². The van der Waals surface area contributed by atoms with Crippen LogP contribution in [0.4, 0.5) is 0 Å². The molecule has 1 heterocycles. The van der Waals surface area contributed by atoms with Crippen LogP contribution in [0.1, 0.15) is 11.3 Å². The molecular formula is C17H14N2. The smallest absolute Gasteiger partial charge is 0.0954 e. The van der Waals surface area contributed by atoms with Crippen LogP contribution >= 0.6 is 0 Å². The van der Waals surface area contributed by atoms with Gasteiger partial charge < -0.3 is 4.98 Å². The Morgan fingerprint density at radius 2 is 1.47 bits per heavy atom. The topological polar surface area (TPSA) is 28.7 Å². The van der Waals surface area contributed by atoms with Gasteiger partial charge in [-0.05, 0) is 11.6 Å². The SMILES string of the molecule is C(=C\c1[nH]cnc1-c1ccccc1)/c1ccccc1. The van der Waals surface area contributed by atoms with Gasteiger partial charge in [-0.25, -0.2) is 4.98 Å². The summed E-state index contributed by atoms with van der Waals surface area (Å²) in [6, 6.07) is 20.4. The lowest BCUT2D eigenvalue weighted by Gasteiger charge is -1.98. The summed E-state index contributed by atoms with van der Waals surface area (Å²) in [7, 11) is 0. The number of benzene rings is 2. The highest BCUT2D eigenvalue weighted by atomic mass is 14.9. The first-order chi connectivity index (χ1) is 9.43. The standard InChI is InChI=1S/C17H14N2/c1-3-7-14(8-4-1)11-12-16-17(19-13-18-16)15-9-5-2-6-10-15/h1-13H,(H,18,19)/b12-11+. The van der Waals surface area contributed by atoms with E-state index in [0.29, 0.717) is 0 Å². The predicted octanol–water partition coefficient (Wildman–Crippen LogP) is 4.25. The summed E-state index contributed by atoms with van der Waals surface area (Å²) in [6.07, 6.45) is 5.87. The predicted molar refractivity (Wildman–Crippen MR) is 79.4 cm³/mol. The van der Waals surface area contributed by atoms with Gasteiger partial charge in [-0.2, -0.15) is 0 Å². The molecule has 0 saturated heterocycles. The number of hydrogen-bond donors (Lipinski definition) is 1. The van der Waals surface area contributed by atoms with E-state index in [1.807, 2.05) is 36.4 Å². The van der Waals surface area contributed by atoms with Gasteiger partial charge in [0, 0.05) is 5.56 Å². The molecule has 0 aliphatic carbocycles. The highest BCUT2D eigenvalue weighted by molar-refractivity contribution is 5.76. The first kappa shape index (κ1) is 11.5. The van der Waals surface area contributed by atoms with Gasteiger partial charge in [-0.1, -0.05) is 66.7 Å². The molecule has 2 nitrogen and oxygen atoms in total. The fourth-order valence-electron chi connectivity index (χ4n) is 2.00. The Morgan fingerprint density at radius 3 is 2.21 bits per heavy atom. The van der Waals surface area contributed by atoms with E-state index in [9.17, 15) is 0 Å². The molecule has 92 valence electrons. The number of H-pyrrole nitrogens is 1. The highest BCUT2D eigenvalue weighted by Gasteiger charge is 2.04. The Hall–Kier alpha value is -2.61. The molecule has 1 N–H and O–H groups in total. The average Bonchev–Trinajstić information content (AvgIpc) is 2.95. The van der Waals surface area contributed by atoms with Crippen molar-refractivity contribution in [3.63, 3.8) is 0 Å². The lowest BCUT2D eigenvalue weighted by atomic mass is 10.1. The molecule has 3 aromatic rings. The van der Waals surface area contributed by atoms with Crippen LogP contribution < -0.4 is 0 Å². The van der Waals surface area contributed by atoms with E-state index in [0.717, 1.165) is 17.0 Å². The largest absolute Gasteiger partial charge is 0.345 e. The molecule has 0 amide bonds. The van der Waals surface area contributed by atoms with Crippen LogP contribution in [0.25, 0.3) is 23.4 Å². The third-order valence-corrected chi connectivity index (χ3v) is 2.96. The monoisotopic (exact) mass is 246 g/mol. The molecule has 0 unspecified atom stereocenters. The Labute approximate surface area is 112 Å². The third-order valence-electron chi connectivity index (χ3n) is 2.96. The van der Waals surface area contributed by atoms with Crippen molar-refractivity contribution in [3.8, 4) is 11.3 Å². The Balaban J connectivity index is 1.91. The van der Waals surface area contributed by atoms with E-state index >= 15 is 0 Å². The van der Waals surface area contributed by atoms with Gasteiger partial charge in [0.25, 0.3) is 0 Å². The quantitative estimate of drug-likeness (QED) is 0.735. The van der Waals surface area contributed by atoms with Crippen LogP contribution in [0.3, 0.4) is 0 Å². The van der Waals surface area contributed by atoms with Gasteiger partial charge in [0.15, 0.2) is 0 Å². The van der Waals surface area contributed by atoms with Crippen molar-refractivity contribution in [1.82, 2.24) is 9.97 Å². The number of aromatic nitrogens is 2. The Kier molecular flexibility index (Phi) is 3.24. The molecule has 19 heavy (non-hydrogen) atoms. The second-order valence-corrected chi connectivity index (χ2v) is 4.27. The normalized spacial score (nSPS) is 10.9. The number of aromatic amines is 1. The van der Waals surface area contributed by atoms with Gasteiger partial charge in [-0.15, -0.1) is 0 Å². The maximum Gasteiger partial charge on any atom is 0.0954 e. The van der Waals surface area contributed by atoms with Crippen molar-refractivity contribution in [2.45, 2.75) is 0 Å². The van der Waals surface area contributed by atoms with Gasteiger partial charge in [0.2, 0.25) is 0 Å². The molecule has 0 bridgehead atoms. The molecule has 0 aliphatic heterocycles. The zero-order chi connectivity index (χ0) is 12.9. The second-order valence-electron chi connectivity index (χ2n) is 4.27. The van der Waals surface area contributed by atoms with Gasteiger partial charge in [-0.3, -0.25) is 0 Å². The van der Waals surface area contributed by atoms with Crippen LogP contribution in [-0.4, -0.2) is 9.97 Å². The van der Waals surface area contributed by atoms with Gasteiger partial charge in [0.05, 0.1) is 17.7 Å². The van der Waals surface area contributed by atoms with E-state index in [1.54, 1.807) is 6.33 Å². The molecule has 0 spiro atoms. The lowest BCUT2D eigenvalue weighted by molar-refractivity contribution is 1.31. The van der Waals surface area contributed by atoms with Crippen molar-refractivity contribution in [2.75, 3.05) is 0 Å². The summed E-state index contributed by atoms with van der Waals surface area (Å²) < 4.78 is 0. The maximum absolute atomic E-state index is 4.39. The first-order valence-electron chi connectivity index (χ1n) is 6.25. The summed E-state index contributed by atoms with van der Waals surface area (Å²) in [5, 5.41) is 0. The van der Waals surface area contributed by atoms with Crippen molar-refractivity contribution in [2.24, 2.45) is 0 Å². The zero-order valence-corrected chi connectivity index (χ0v) is 10.5. The molecule has 0 atom stereocenters. The minimum absolute atomic E-state index is 0.979. The van der Waals surface area contributed by atoms with Crippen molar-refractivity contribution < 1.29 is 0 Å². The fourth-order valence-corrected chi connectivity index (χ4v) is 2.00.